The van der Waals surface area contributed by atoms with Crippen LogP contribution >= 0.6 is 11.8 Å². The van der Waals surface area contributed by atoms with Crippen molar-refractivity contribution in [3.05, 3.63) is 78.1 Å². The maximum absolute atomic E-state index is 4.85. The van der Waals surface area contributed by atoms with E-state index in [0.29, 0.717) is 22.2 Å². The van der Waals surface area contributed by atoms with Crippen molar-refractivity contribution < 1.29 is 0 Å². The lowest BCUT2D eigenvalue weighted by Crippen LogP contribution is -2.16. The summed E-state index contributed by atoms with van der Waals surface area (Å²) < 4.78 is 0. The van der Waals surface area contributed by atoms with E-state index < -0.39 is 0 Å². The van der Waals surface area contributed by atoms with Gasteiger partial charge in [0.05, 0.1) is 0 Å². The average molecular weight is 486 g/mol. The second kappa shape index (κ2) is 12.3. The van der Waals surface area contributed by atoms with Crippen LogP contribution in [-0.2, 0) is 0 Å². The van der Waals surface area contributed by atoms with E-state index in [-0.39, 0.29) is 0 Å². The Morgan fingerprint density at radius 1 is 0.714 bits per heavy atom. The molecule has 0 unspecified atom stereocenters. The fraction of sp³-hybridized carbons (Fsp3) is 0.296. The number of unbranched alkanes of at least 4 members (excludes halogenated alkanes) is 3. The van der Waals surface area contributed by atoms with Crippen molar-refractivity contribution in [3.63, 3.8) is 0 Å². The zero-order valence-corrected chi connectivity index (χ0v) is 21.3. The number of benzene rings is 2. The summed E-state index contributed by atoms with van der Waals surface area (Å²) in [5.74, 6) is 1.09. The summed E-state index contributed by atoms with van der Waals surface area (Å²) >= 11 is 1.35. The average Bonchev–Trinajstić information content (AvgIpc) is 2.85. The molecule has 1 N–H and O–H groups in total. The number of aromatic nitrogens is 5. The van der Waals surface area contributed by atoms with Crippen molar-refractivity contribution in [1.82, 2.24) is 24.9 Å². The summed E-state index contributed by atoms with van der Waals surface area (Å²) in [5, 5.41) is 4.58. The van der Waals surface area contributed by atoms with Gasteiger partial charge >= 0.3 is 0 Å². The second-order valence-electron chi connectivity index (χ2n) is 8.27. The number of para-hydroxylation sites is 2. The first-order valence-electron chi connectivity index (χ1n) is 12.0. The summed E-state index contributed by atoms with van der Waals surface area (Å²) in [4.78, 5) is 25.5. The molecule has 180 valence electrons. The second-order valence-corrected chi connectivity index (χ2v) is 9.21. The van der Waals surface area contributed by atoms with Gasteiger partial charge < -0.3 is 5.32 Å². The molecule has 8 heteroatoms. The normalized spacial score (nSPS) is 10.8. The molecule has 0 amide bonds. The summed E-state index contributed by atoms with van der Waals surface area (Å²) in [5.41, 5.74) is 3.77. The summed E-state index contributed by atoms with van der Waals surface area (Å²) in [7, 11) is 0. The highest BCUT2D eigenvalue weighted by atomic mass is 32.2. The minimum atomic E-state index is 0.542. The quantitative estimate of drug-likeness (QED) is 0.182. The van der Waals surface area contributed by atoms with E-state index in [1.165, 1.54) is 31.0 Å². The maximum atomic E-state index is 4.85. The van der Waals surface area contributed by atoms with E-state index in [2.05, 4.69) is 46.5 Å². The molecule has 2 heterocycles. The first-order chi connectivity index (χ1) is 17.1. The van der Waals surface area contributed by atoms with Crippen LogP contribution in [0.5, 0.6) is 0 Å². The van der Waals surface area contributed by atoms with Crippen LogP contribution in [0.4, 0.5) is 23.3 Å². The van der Waals surface area contributed by atoms with Crippen LogP contribution in [0.1, 0.15) is 44.0 Å². The number of anilines is 4. The molecule has 0 radical (unpaired) electrons. The molecule has 4 rings (SSSR count). The molecule has 0 aliphatic rings. The smallest absolute Gasteiger partial charge is 0.240 e. The molecule has 0 aliphatic heterocycles. The van der Waals surface area contributed by atoms with E-state index in [4.69, 9.17) is 15.0 Å². The molecule has 0 fully saturated rings. The Kier molecular flexibility index (Phi) is 8.62. The fourth-order valence-corrected chi connectivity index (χ4v) is 4.48. The highest BCUT2D eigenvalue weighted by Crippen LogP contribution is 2.33. The number of rotatable bonds is 11. The lowest BCUT2D eigenvalue weighted by Gasteiger charge is -2.23. The Hall–Kier alpha value is -3.52. The Balaban J connectivity index is 1.72. The predicted molar refractivity (Wildman–Crippen MR) is 143 cm³/mol. The van der Waals surface area contributed by atoms with Gasteiger partial charge in [0.25, 0.3) is 0 Å². The molecular weight excluding hydrogens is 454 g/mol. The molecule has 0 saturated carbocycles. The Morgan fingerprint density at radius 3 is 1.91 bits per heavy atom. The Labute approximate surface area is 211 Å². The predicted octanol–water partition coefficient (Wildman–Crippen LogP) is 6.89. The largest absolute Gasteiger partial charge is 0.354 e. The van der Waals surface area contributed by atoms with Gasteiger partial charge in [-0.3, -0.25) is 4.90 Å². The molecule has 35 heavy (non-hydrogen) atoms. The van der Waals surface area contributed by atoms with Gasteiger partial charge in [0.15, 0.2) is 5.16 Å². The van der Waals surface area contributed by atoms with Gasteiger partial charge in [-0.15, -0.1) is 0 Å². The molecule has 4 aromatic rings. The zero-order valence-electron chi connectivity index (χ0n) is 20.5. The van der Waals surface area contributed by atoms with Crippen LogP contribution in [0.25, 0.3) is 0 Å². The highest BCUT2D eigenvalue weighted by molar-refractivity contribution is 7.99. The van der Waals surface area contributed by atoms with Gasteiger partial charge in [0.2, 0.25) is 17.1 Å². The van der Waals surface area contributed by atoms with Crippen molar-refractivity contribution >= 4 is 35.0 Å². The number of hydrogen-bond acceptors (Lipinski definition) is 8. The molecule has 0 spiro atoms. The van der Waals surface area contributed by atoms with Crippen LogP contribution in [-0.4, -0.2) is 31.5 Å². The SMILES string of the molecule is CCCCCCNc1nc(Sc2nc(C)cc(C)n2)nc(N(c2ccccc2)c2ccccc2)n1. The van der Waals surface area contributed by atoms with Gasteiger partial charge in [0, 0.05) is 29.3 Å². The van der Waals surface area contributed by atoms with Crippen molar-refractivity contribution in [2.24, 2.45) is 0 Å². The van der Waals surface area contributed by atoms with Crippen LogP contribution in [0, 0.1) is 13.8 Å². The molecule has 0 saturated heterocycles. The minimum absolute atomic E-state index is 0.542. The number of aryl methyl sites for hydroxylation is 2. The van der Waals surface area contributed by atoms with Crippen LogP contribution in [0.2, 0.25) is 0 Å². The fourth-order valence-electron chi connectivity index (χ4n) is 3.68. The highest BCUT2D eigenvalue weighted by Gasteiger charge is 2.19. The molecule has 0 atom stereocenters. The molecule has 2 aromatic carbocycles. The van der Waals surface area contributed by atoms with Crippen molar-refractivity contribution in [2.45, 2.75) is 56.8 Å². The molecular formula is C27H31N7S. The van der Waals surface area contributed by atoms with Crippen LogP contribution < -0.4 is 10.2 Å². The van der Waals surface area contributed by atoms with Gasteiger partial charge in [-0.05, 0) is 62.4 Å². The summed E-state index contributed by atoms with van der Waals surface area (Å²) in [6.45, 7) is 6.96. The summed E-state index contributed by atoms with van der Waals surface area (Å²) in [6, 6.07) is 22.2. The van der Waals surface area contributed by atoms with Gasteiger partial charge in [-0.25, -0.2) is 9.97 Å². The van der Waals surface area contributed by atoms with E-state index >= 15 is 0 Å². The third-order valence-electron chi connectivity index (χ3n) is 5.29. The Bertz CT molecular complexity index is 1160. The third kappa shape index (κ3) is 6.99. The molecule has 0 aliphatic carbocycles. The van der Waals surface area contributed by atoms with Crippen LogP contribution in [0.3, 0.4) is 0 Å². The number of nitrogens with zero attached hydrogens (tertiary/aromatic N) is 6. The molecule has 2 aromatic heterocycles. The molecule has 7 nitrogen and oxygen atoms in total. The third-order valence-corrected chi connectivity index (χ3v) is 6.02. The first-order valence-corrected chi connectivity index (χ1v) is 12.8. The zero-order chi connectivity index (χ0) is 24.5. The van der Waals surface area contributed by atoms with Crippen molar-refractivity contribution in [3.8, 4) is 0 Å². The monoisotopic (exact) mass is 485 g/mol. The standard InChI is InChI=1S/C27H31N7S/c1-4-5-6-13-18-28-24-31-25(33-27(32-24)35-26-29-20(2)19-21(3)30-26)34(22-14-9-7-10-15-22)23-16-11-8-12-17-23/h7-12,14-17,19H,4-6,13,18H2,1-3H3,(H,28,31,32,33). The van der Waals surface area contributed by atoms with Crippen molar-refractivity contribution in [2.75, 3.05) is 16.8 Å². The Morgan fingerprint density at radius 2 is 1.31 bits per heavy atom. The van der Waals surface area contributed by atoms with Crippen LogP contribution in [0.15, 0.2) is 77.0 Å². The van der Waals surface area contributed by atoms with E-state index in [1.807, 2.05) is 61.2 Å². The van der Waals surface area contributed by atoms with Crippen molar-refractivity contribution in [1.29, 1.82) is 0 Å². The maximum Gasteiger partial charge on any atom is 0.240 e. The lowest BCUT2D eigenvalue weighted by atomic mass is 10.2. The summed E-state index contributed by atoms with van der Waals surface area (Å²) in [6.07, 6.45) is 4.68. The minimum Gasteiger partial charge on any atom is -0.354 e. The number of hydrogen-bond donors (Lipinski definition) is 1. The number of nitrogens with one attached hydrogen (secondary N) is 1. The van der Waals surface area contributed by atoms with Gasteiger partial charge in [-0.2, -0.15) is 15.0 Å². The van der Waals surface area contributed by atoms with Gasteiger partial charge in [-0.1, -0.05) is 62.6 Å². The van der Waals surface area contributed by atoms with E-state index in [9.17, 15) is 0 Å². The van der Waals surface area contributed by atoms with Gasteiger partial charge in [0.1, 0.15) is 0 Å². The van der Waals surface area contributed by atoms with E-state index in [1.54, 1.807) is 0 Å². The first kappa shape index (κ1) is 24.6. The van der Waals surface area contributed by atoms with E-state index in [0.717, 1.165) is 35.7 Å². The molecule has 0 bridgehead atoms. The topological polar surface area (TPSA) is 79.7 Å². The lowest BCUT2D eigenvalue weighted by molar-refractivity contribution is 0.682.